The molecule has 0 saturated carbocycles. The van der Waals surface area contributed by atoms with Crippen LogP contribution in [0.2, 0.25) is 0 Å². The Labute approximate surface area is 72.3 Å². The Hall–Kier alpha value is -0.610. The van der Waals surface area contributed by atoms with Gasteiger partial charge in [-0.15, -0.1) is 0 Å². The lowest BCUT2D eigenvalue weighted by Crippen LogP contribution is -2.37. The highest BCUT2D eigenvalue weighted by molar-refractivity contribution is 5.76. The third kappa shape index (κ3) is 3.19. The van der Waals surface area contributed by atoms with E-state index in [1.165, 1.54) is 0 Å². The molecule has 4 heteroatoms. The van der Waals surface area contributed by atoms with Crippen LogP contribution in [0, 0.1) is 0 Å². The van der Waals surface area contributed by atoms with E-state index in [1.807, 2.05) is 0 Å². The van der Waals surface area contributed by atoms with Crippen LogP contribution >= 0.6 is 0 Å². The molecule has 1 aliphatic rings. The summed E-state index contributed by atoms with van der Waals surface area (Å²) in [7, 11) is 0. The van der Waals surface area contributed by atoms with Crippen molar-refractivity contribution in [3.05, 3.63) is 0 Å². The van der Waals surface area contributed by atoms with Crippen LogP contribution in [-0.4, -0.2) is 36.2 Å². The van der Waals surface area contributed by atoms with E-state index in [9.17, 15) is 4.79 Å². The number of hydrogen-bond donors (Lipinski definition) is 3. The normalized spacial score (nSPS) is 25.3. The fourth-order valence-electron chi connectivity index (χ4n) is 1.33. The SMILES string of the molecule is CC(O)CC(=O)NC1CCNC1. The van der Waals surface area contributed by atoms with Gasteiger partial charge in [0.1, 0.15) is 0 Å². The van der Waals surface area contributed by atoms with Gasteiger partial charge in [-0.1, -0.05) is 0 Å². The molecule has 0 bridgehead atoms. The van der Waals surface area contributed by atoms with Crippen molar-refractivity contribution in [1.82, 2.24) is 10.6 Å². The van der Waals surface area contributed by atoms with E-state index < -0.39 is 6.10 Å². The van der Waals surface area contributed by atoms with Gasteiger partial charge in [0.05, 0.1) is 12.5 Å². The van der Waals surface area contributed by atoms with Crippen LogP contribution in [0.5, 0.6) is 0 Å². The van der Waals surface area contributed by atoms with E-state index in [0.29, 0.717) is 0 Å². The Morgan fingerprint density at radius 1 is 1.83 bits per heavy atom. The number of aliphatic hydroxyl groups is 1. The fourth-order valence-corrected chi connectivity index (χ4v) is 1.33. The maximum Gasteiger partial charge on any atom is 0.222 e. The molecule has 1 heterocycles. The first-order valence-corrected chi connectivity index (χ1v) is 4.36. The quantitative estimate of drug-likeness (QED) is 0.524. The summed E-state index contributed by atoms with van der Waals surface area (Å²) in [6.07, 6.45) is 0.654. The molecule has 0 radical (unpaired) electrons. The van der Waals surface area contributed by atoms with Crippen LogP contribution in [0.25, 0.3) is 0 Å². The van der Waals surface area contributed by atoms with Crippen molar-refractivity contribution in [1.29, 1.82) is 0 Å². The molecule has 3 N–H and O–H groups in total. The molecular weight excluding hydrogens is 156 g/mol. The number of carbonyl (C=O) groups excluding carboxylic acids is 1. The first kappa shape index (κ1) is 9.48. The second kappa shape index (κ2) is 4.42. The molecule has 70 valence electrons. The van der Waals surface area contributed by atoms with Gasteiger partial charge in [-0.2, -0.15) is 0 Å². The number of aliphatic hydroxyl groups excluding tert-OH is 1. The summed E-state index contributed by atoms with van der Waals surface area (Å²) < 4.78 is 0. The van der Waals surface area contributed by atoms with Gasteiger partial charge in [-0.3, -0.25) is 4.79 Å². The van der Waals surface area contributed by atoms with E-state index in [0.717, 1.165) is 19.5 Å². The number of nitrogens with one attached hydrogen (secondary N) is 2. The molecule has 0 aromatic rings. The lowest BCUT2D eigenvalue weighted by molar-refractivity contribution is -0.123. The average molecular weight is 172 g/mol. The van der Waals surface area contributed by atoms with Crippen molar-refractivity contribution < 1.29 is 9.90 Å². The van der Waals surface area contributed by atoms with E-state index in [-0.39, 0.29) is 18.4 Å². The Morgan fingerprint density at radius 3 is 3.08 bits per heavy atom. The number of carbonyl (C=O) groups is 1. The van der Waals surface area contributed by atoms with Gasteiger partial charge in [0.2, 0.25) is 5.91 Å². The zero-order valence-electron chi connectivity index (χ0n) is 7.34. The first-order valence-electron chi connectivity index (χ1n) is 4.36. The number of amides is 1. The summed E-state index contributed by atoms with van der Waals surface area (Å²) in [4.78, 5) is 11.1. The average Bonchev–Trinajstić information content (AvgIpc) is 2.37. The molecule has 2 unspecified atom stereocenters. The van der Waals surface area contributed by atoms with Crippen LogP contribution in [0.15, 0.2) is 0 Å². The largest absolute Gasteiger partial charge is 0.393 e. The molecule has 12 heavy (non-hydrogen) atoms. The van der Waals surface area contributed by atoms with Crippen LogP contribution in [-0.2, 0) is 4.79 Å². The second-order valence-electron chi connectivity index (χ2n) is 3.31. The van der Waals surface area contributed by atoms with Crippen LogP contribution in [0.1, 0.15) is 19.8 Å². The van der Waals surface area contributed by atoms with E-state index in [1.54, 1.807) is 6.92 Å². The third-order valence-electron chi connectivity index (χ3n) is 1.91. The predicted octanol–water partition coefficient (Wildman–Crippen LogP) is -0.765. The lowest BCUT2D eigenvalue weighted by Gasteiger charge is -2.11. The predicted molar refractivity (Wildman–Crippen MR) is 45.7 cm³/mol. The highest BCUT2D eigenvalue weighted by Gasteiger charge is 2.16. The molecule has 1 saturated heterocycles. The molecular formula is C8H16N2O2. The van der Waals surface area contributed by atoms with Gasteiger partial charge >= 0.3 is 0 Å². The maximum atomic E-state index is 11.1. The Kier molecular flexibility index (Phi) is 3.49. The zero-order chi connectivity index (χ0) is 8.97. The maximum absolute atomic E-state index is 11.1. The van der Waals surface area contributed by atoms with Gasteiger partial charge in [-0.05, 0) is 19.9 Å². The van der Waals surface area contributed by atoms with Gasteiger partial charge in [-0.25, -0.2) is 0 Å². The van der Waals surface area contributed by atoms with Gasteiger partial charge < -0.3 is 15.7 Å². The topological polar surface area (TPSA) is 61.4 Å². The highest BCUT2D eigenvalue weighted by Crippen LogP contribution is 1.98. The highest BCUT2D eigenvalue weighted by atomic mass is 16.3. The monoisotopic (exact) mass is 172 g/mol. The van der Waals surface area contributed by atoms with Crippen molar-refractivity contribution in [3.63, 3.8) is 0 Å². The Balaban J connectivity index is 2.16. The van der Waals surface area contributed by atoms with Crippen molar-refractivity contribution >= 4 is 5.91 Å². The summed E-state index contributed by atoms with van der Waals surface area (Å²) in [5.41, 5.74) is 0. The van der Waals surface area contributed by atoms with Crippen LogP contribution < -0.4 is 10.6 Å². The molecule has 4 nitrogen and oxygen atoms in total. The summed E-state index contributed by atoms with van der Waals surface area (Å²) in [5.74, 6) is -0.0568. The van der Waals surface area contributed by atoms with Gasteiger partial charge in [0, 0.05) is 12.6 Å². The third-order valence-corrected chi connectivity index (χ3v) is 1.91. The fraction of sp³-hybridized carbons (Fsp3) is 0.875. The molecule has 1 fully saturated rings. The van der Waals surface area contributed by atoms with Crippen molar-refractivity contribution in [2.75, 3.05) is 13.1 Å². The first-order chi connectivity index (χ1) is 5.68. The Morgan fingerprint density at radius 2 is 2.58 bits per heavy atom. The minimum atomic E-state index is -0.542. The minimum absolute atomic E-state index is 0.0568. The molecule has 1 rings (SSSR count). The number of rotatable bonds is 3. The van der Waals surface area contributed by atoms with Gasteiger partial charge in [0.25, 0.3) is 0 Å². The summed E-state index contributed by atoms with van der Waals surface area (Å²) >= 11 is 0. The molecule has 0 aliphatic carbocycles. The number of hydrogen-bond acceptors (Lipinski definition) is 3. The standard InChI is InChI=1S/C8H16N2O2/c1-6(11)4-8(12)10-7-2-3-9-5-7/h6-7,9,11H,2-5H2,1H3,(H,10,12). The summed E-state index contributed by atoms with van der Waals surface area (Å²) in [6, 6.07) is 0.260. The van der Waals surface area contributed by atoms with E-state index in [4.69, 9.17) is 5.11 Å². The summed E-state index contributed by atoms with van der Waals surface area (Å²) in [5, 5.41) is 14.9. The molecule has 0 spiro atoms. The molecule has 2 atom stereocenters. The minimum Gasteiger partial charge on any atom is -0.393 e. The van der Waals surface area contributed by atoms with E-state index >= 15 is 0 Å². The van der Waals surface area contributed by atoms with Crippen molar-refractivity contribution in [2.45, 2.75) is 31.9 Å². The van der Waals surface area contributed by atoms with Crippen molar-refractivity contribution in [3.8, 4) is 0 Å². The Bertz CT molecular complexity index is 153. The second-order valence-corrected chi connectivity index (χ2v) is 3.31. The summed E-state index contributed by atoms with van der Waals surface area (Å²) in [6.45, 7) is 3.44. The smallest absolute Gasteiger partial charge is 0.222 e. The zero-order valence-corrected chi connectivity index (χ0v) is 7.34. The van der Waals surface area contributed by atoms with Gasteiger partial charge in [0.15, 0.2) is 0 Å². The molecule has 0 aromatic carbocycles. The molecule has 1 amide bonds. The molecule has 0 aromatic heterocycles. The van der Waals surface area contributed by atoms with Crippen LogP contribution in [0.3, 0.4) is 0 Å². The van der Waals surface area contributed by atoms with E-state index in [2.05, 4.69) is 10.6 Å². The van der Waals surface area contributed by atoms with Crippen LogP contribution in [0.4, 0.5) is 0 Å². The molecule has 1 aliphatic heterocycles. The van der Waals surface area contributed by atoms with Crippen molar-refractivity contribution in [2.24, 2.45) is 0 Å². The lowest BCUT2D eigenvalue weighted by atomic mass is 10.2.